The minimum atomic E-state index is -0.298. The molecular weight excluding hydrogens is 385 g/mol. The molecule has 1 N–H and O–H groups in total. The molecule has 0 saturated heterocycles. The van der Waals surface area contributed by atoms with Gasteiger partial charge in [0.05, 0.1) is 6.21 Å². The summed E-state index contributed by atoms with van der Waals surface area (Å²) in [6.07, 6.45) is 4.65. The number of carbonyl (C=O) groups is 1. The van der Waals surface area contributed by atoms with Gasteiger partial charge in [-0.1, -0.05) is 29.3 Å². The van der Waals surface area contributed by atoms with Crippen molar-refractivity contribution in [2.75, 3.05) is 0 Å². The van der Waals surface area contributed by atoms with E-state index in [0.29, 0.717) is 28.0 Å². The van der Waals surface area contributed by atoms with Crippen LogP contribution in [0.5, 0.6) is 5.75 Å². The third kappa shape index (κ3) is 5.54. The lowest BCUT2D eigenvalue weighted by atomic mass is 10.2. The van der Waals surface area contributed by atoms with Crippen molar-refractivity contribution in [2.45, 2.75) is 6.61 Å². The average molecular weight is 400 g/mol. The molecule has 136 valence electrons. The van der Waals surface area contributed by atoms with E-state index in [2.05, 4.69) is 15.5 Å². The molecule has 7 heteroatoms. The minimum Gasteiger partial charge on any atom is -0.489 e. The lowest BCUT2D eigenvalue weighted by molar-refractivity contribution is 0.0955. The number of halogens is 2. The van der Waals surface area contributed by atoms with Crippen molar-refractivity contribution >= 4 is 35.3 Å². The third-order valence-electron chi connectivity index (χ3n) is 3.61. The molecule has 0 aliphatic carbocycles. The van der Waals surface area contributed by atoms with Gasteiger partial charge in [0.25, 0.3) is 5.91 Å². The summed E-state index contributed by atoms with van der Waals surface area (Å²) in [6, 6.07) is 15.8. The SMILES string of the molecule is O=C(N/N=C\c1ccc(OCc2ccc(Cl)cc2Cl)cc1)c1ccncc1. The van der Waals surface area contributed by atoms with Gasteiger partial charge in [-0.05, 0) is 54.1 Å². The van der Waals surface area contributed by atoms with Gasteiger partial charge >= 0.3 is 0 Å². The number of carbonyl (C=O) groups excluding carboxylic acids is 1. The Morgan fingerprint density at radius 1 is 1.07 bits per heavy atom. The van der Waals surface area contributed by atoms with Crippen LogP contribution in [0.3, 0.4) is 0 Å². The monoisotopic (exact) mass is 399 g/mol. The number of hydrazone groups is 1. The predicted octanol–water partition coefficient (Wildman–Crippen LogP) is 4.73. The first-order chi connectivity index (χ1) is 13.1. The van der Waals surface area contributed by atoms with Crippen LogP contribution >= 0.6 is 23.2 Å². The van der Waals surface area contributed by atoms with Gasteiger partial charge in [-0.15, -0.1) is 0 Å². The number of pyridine rings is 1. The molecule has 2 aromatic carbocycles. The molecule has 27 heavy (non-hydrogen) atoms. The minimum absolute atomic E-state index is 0.298. The van der Waals surface area contributed by atoms with Crippen molar-refractivity contribution in [1.29, 1.82) is 0 Å². The zero-order valence-electron chi connectivity index (χ0n) is 14.1. The van der Waals surface area contributed by atoms with Gasteiger partial charge in [0.2, 0.25) is 0 Å². The first kappa shape index (κ1) is 18.9. The number of benzene rings is 2. The maximum atomic E-state index is 11.9. The molecule has 0 bridgehead atoms. The van der Waals surface area contributed by atoms with Gasteiger partial charge < -0.3 is 4.74 Å². The Labute approximate surface area is 166 Å². The Morgan fingerprint density at radius 3 is 2.52 bits per heavy atom. The Morgan fingerprint density at radius 2 is 1.81 bits per heavy atom. The predicted molar refractivity (Wildman–Crippen MR) is 107 cm³/mol. The van der Waals surface area contributed by atoms with Crippen LogP contribution in [-0.2, 0) is 6.61 Å². The number of nitrogens with zero attached hydrogens (tertiary/aromatic N) is 2. The Bertz CT molecular complexity index is 945. The van der Waals surface area contributed by atoms with Crippen molar-refractivity contribution in [1.82, 2.24) is 10.4 Å². The van der Waals surface area contributed by atoms with Crippen molar-refractivity contribution in [3.8, 4) is 5.75 Å². The van der Waals surface area contributed by atoms with Crippen molar-refractivity contribution < 1.29 is 9.53 Å². The quantitative estimate of drug-likeness (QED) is 0.481. The van der Waals surface area contributed by atoms with Crippen LogP contribution in [0.2, 0.25) is 10.0 Å². The van der Waals surface area contributed by atoms with E-state index in [-0.39, 0.29) is 5.91 Å². The Kier molecular flexibility index (Phi) is 6.41. The fourth-order valence-corrected chi connectivity index (χ4v) is 2.65. The van der Waals surface area contributed by atoms with E-state index in [1.54, 1.807) is 42.9 Å². The van der Waals surface area contributed by atoms with Gasteiger partial charge in [-0.2, -0.15) is 5.10 Å². The summed E-state index contributed by atoms with van der Waals surface area (Å²) in [5, 5.41) is 5.10. The molecule has 0 saturated carbocycles. The van der Waals surface area contributed by atoms with E-state index >= 15 is 0 Å². The summed E-state index contributed by atoms with van der Waals surface area (Å²) in [5.41, 5.74) is 4.63. The molecule has 0 aliphatic heterocycles. The van der Waals surface area contributed by atoms with Crippen LogP contribution in [0.15, 0.2) is 72.1 Å². The number of hydrogen-bond acceptors (Lipinski definition) is 4. The molecular formula is C20H15Cl2N3O2. The lowest BCUT2D eigenvalue weighted by Crippen LogP contribution is -2.17. The van der Waals surface area contributed by atoms with Gasteiger partial charge in [0.1, 0.15) is 12.4 Å². The molecule has 1 aromatic heterocycles. The maximum Gasteiger partial charge on any atom is 0.271 e. The second-order valence-electron chi connectivity index (χ2n) is 5.53. The second kappa shape index (κ2) is 9.16. The fraction of sp³-hybridized carbons (Fsp3) is 0.0500. The molecule has 0 aliphatic rings. The van der Waals surface area contributed by atoms with Crippen LogP contribution in [0, 0.1) is 0 Å². The topological polar surface area (TPSA) is 63.6 Å². The summed E-state index contributed by atoms with van der Waals surface area (Å²) in [6.45, 7) is 0.339. The lowest BCUT2D eigenvalue weighted by Gasteiger charge is -2.08. The highest BCUT2D eigenvalue weighted by Gasteiger charge is 2.03. The van der Waals surface area contributed by atoms with Crippen molar-refractivity contribution in [3.63, 3.8) is 0 Å². The molecule has 0 fully saturated rings. The van der Waals surface area contributed by atoms with E-state index < -0.39 is 0 Å². The Balaban J connectivity index is 1.53. The van der Waals surface area contributed by atoms with Crippen molar-refractivity contribution in [3.05, 3.63) is 93.7 Å². The molecule has 3 aromatic rings. The first-order valence-corrected chi connectivity index (χ1v) is 8.77. The van der Waals surface area contributed by atoms with Crippen LogP contribution in [0.25, 0.3) is 0 Å². The molecule has 0 radical (unpaired) electrons. The zero-order valence-corrected chi connectivity index (χ0v) is 15.6. The number of rotatable bonds is 6. The second-order valence-corrected chi connectivity index (χ2v) is 6.37. The van der Waals surface area contributed by atoms with E-state index in [1.165, 1.54) is 0 Å². The smallest absolute Gasteiger partial charge is 0.271 e. The van der Waals surface area contributed by atoms with Crippen LogP contribution < -0.4 is 10.2 Å². The molecule has 5 nitrogen and oxygen atoms in total. The molecule has 0 atom stereocenters. The van der Waals surface area contributed by atoms with Gasteiger partial charge in [-0.3, -0.25) is 9.78 Å². The molecule has 1 heterocycles. The van der Waals surface area contributed by atoms with Crippen LogP contribution in [0.4, 0.5) is 0 Å². The summed E-state index contributed by atoms with van der Waals surface area (Å²) in [4.78, 5) is 15.7. The van der Waals surface area contributed by atoms with Gasteiger partial charge in [-0.25, -0.2) is 5.43 Å². The number of nitrogens with one attached hydrogen (secondary N) is 1. The van der Waals surface area contributed by atoms with Gasteiger partial charge in [0, 0.05) is 33.6 Å². The largest absolute Gasteiger partial charge is 0.489 e. The zero-order chi connectivity index (χ0) is 19.1. The summed E-state index contributed by atoms with van der Waals surface area (Å²) in [5.74, 6) is 0.396. The molecule has 1 amide bonds. The molecule has 3 rings (SSSR count). The van der Waals surface area contributed by atoms with Crippen LogP contribution in [0.1, 0.15) is 21.5 Å². The summed E-state index contributed by atoms with van der Waals surface area (Å²) >= 11 is 12.0. The van der Waals surface area contributed by atoms with Crippen LogP contribution in [-0.4, -0.2) is 17.1 Å². The number of aromatic nitrogens is 1. The van der Waals surface area contributed by atoms with E-state index in [0.717, 1.165) is 11.1 Å². The molecule has 0 unspecified atom stereocenters. The summed E-state index contributed by atoms with van der Waals surface area (Å²) < 4.78 is 5.72. The van der Waals surface area contributed by atoms with E-state index in [1.807, 2.05) is 30.3 Å². The van der Waals surface area contributed by atoms with Gasteiger partial charge in [0.15, 0.2) is 0 Å². The highest BCUT2D eigenvalue weighted by Crippen LogP contribution is 2.22. The van der Waals surface area contributed by atoms with E-state index in [4.69, 9.17) is 27.9 Å². The highest BCUT2D eigenvalue weighted by atomic mass is 35.5. The molecule has 0 spiro atoms. The summed E-state index contributed by atoms with van der Waals surface area (Å²) in [7, 11) is 0. The fourth-order valence-electron chi connectivity index (χ4n) is 2.18. The van der Waals surface area contributed by atoms with E-state index in [9.17, 15) is 4.79 Å². The Hall–Kier alpha value is -2.89. The first-order valence-electron chi connectivity index (χ1n) is 8.02. The van der Waals surface area contributed by atoms with Crippen molar-refractivity contribution in [2.24, 2.45) is 5.10 Å². The average Bonchev–Trinajstić information content (AvgIpc) is 2.69. The third-order valence-corrected chi connectivity index (χ3v) is 4.20. The number of amides is 1. The standard InChI is InChI=1S/C20H15Cl2N3O2/c21-17-4-3-16(19(22)11-17)13-27-18-5-1-14(2-6-18)12-24-25-20(26)15-7-9-23-10-8-15/h1-12H,13H2,(H,25,26)/b24-12-. The highest BCUT2D eigenvalue weighted by molar-refractivity contribution is 6.35. The normalized spacial score (nSPS) is 10.7. The number of ether oxygens (including phenoxy) is 1. The maximum absolute atomic E-state index is 11.9. The number of hydrogen-bond donors (Lipinski definition) is 1.